The number of hydrogen-bond acceptors (Lipinski definition) is 6. The lowest BCUT2D eigenvalue weighted by atomic mass is 9.49. The number of carbonyl (C=O) groups is 1. The molecule has 1 aromatic rings. The maximum Gasteiger partial charge on any atom is 0.171 e. The van der Waals surface area contributed by atoms with Crippen LogP contribution in [-0.2, 0) is 16.1 Å². The summed E-state index contributed by atoms with van der Waals surface area (Å²) >= 11 is 0. The molecule has 0 amide bonds. The molecule has 172 valence electrons. The topological polar surface area (TPSA) is 90.1 Å². The highest BCUT2D eigenvalue weighted by molar-refractivity contribution is 5.81. The van der Waals surface area contributed by atoms with Crippen molar-refractivity contribution in [2.45, 2.75) is 83.8 Å². The molecular formula is C24H38N4O3. The molecular weight excluding hydrogens is 392 g/mol. The van der Waals surface area contributed by atoms with Crippen molar-refractivity contribution < 1.29 is 14.6 Å². The molecule has 4 aliphatic carbocycles. The van der Waals surface area contributed by atoms with E-state index in [4.69, 9.17) is 4.74 Å². The highest BCUT2D eigenvalue weighted by atomic mass is 16.5. The lowest BCUT2D eigenvalue weighted by Gasteiger charge is -2.57. The second kappa shape index (κ2) is 7.91. The van der Waals surface area contributed by atoms with Gasteiger partial charge in [-0.2, -0.15) is 4.80 Å². The van der Waals surface area contributed by atoms with Gasteiger partial charge in [-0.05, 0) is 105 Å². The van der Waals surface area contributed by atoms with Gasteiger partial charge in [0, 0.05) is 13.0 Å². The second-order valence-corrected chi connectivity index (χ2v) is 11.3. The Labute approximate surface area is 185 Å². The van der Waals surface area contributed by atoms with E-state index in [1.165, 1.54) is 30.5 Å². The number of aryl methyl sites for hydroxylation is 1. The molecule has 5 rings (SSSR count). The maximum atomic E-state index is 13.2. The van der Waals surface area contributed by atoms with E-state index in [1.807, 2.05) is 0 Å². The first-order valence-corrected chi connectivity index (χ1v) is 12.3. The number of fused-ring (bicyclic) bond motifs is 5. The number of aliphatic hydroxyl groups is 1. The Morgan fingerprint density at radius 2 is 1.94 bits per heavy atom. The number of ether oxygens (including phenoxy) is 1. The highest BCUT2D eigenvalue weighted by Crippen LogP contribution is 2.64. The van der Waals surface area contributed by atoms with Crippen LogP contribution in [-0.4, -0.2) is 50.4 Å². The Morgan fingerprint density at radius 1 is 1.13 bits per heavy atom. The summed E-state index contributed by atoms with van der Waals surface area (Å²) < 4.78 is 5.32. The summed E-state index contributed by atoms with van der Waals surface area (Å²) in [6.45, 7) is 4.92. The summed E-state index contributed by atoms with van der Waals surface area (Å²) in [6, 6.07) is 0. The van der Waals surface area contributed by atoms with E-state index < -0.39 is 5.60 Å². The number of rotatable bonds is 5. The highest BCUT2D eigenvalue weighted by Gasteiger charge is 2.59. The summed E-state index contributed by atoms with van der Waals surface area (Å²) in [5.74, 6) is 4.60. The zero-order valence-electron chi connectivity index (χ0n) is 19.3. The van der Waals surface area contributed by atoms with Crippen molar-refractivity contribution >= 4 is 5.78 Å². The van der Waals surface area contributed by atoms with E-state index in [9.17, 15) is 9.90 Å². The molecule has 0 radical (unpaired) electrons. The third-order valence-electron chi connectivity index (χ3n) is 9.76. The lowest BCUT2D eigenvalue weighted by Crippen LogP contribution is -2.52. The van der Waals surface area contributed by atoms with Gasteiger partial charge in [-0.25, -0.2) is 0 Å². The molecule has 31 heavy (non-hydrogen) atoms. The molecule has 0 spiro atoms. The van der Waals surface area contributed by atoms with E-state index >= 15 is 0 Å². The van der Waals surface area contributed by atoms with Crippen molar-refractivity contribution in [1.82, 2.24) is 20.2 Å². The van der Waals surface area contributed by atoms with Crippen LogP contribution in [0.15, 0.2) is 0 Å². The van der Waals surface area contributed by atoms with Crippen LogP contribution in [0.25, 0.3) is 0 Å². The monoisotopic (exact) mass is 430 g/mol. The van der Waals surface area contributed by atoms with E-state index in [0.29, 0.717) is 24.3 Å². The number of carbonyl (C=O) groups excluding carboxylic acids is 1. The molecule has 0 saturated heterocycles. The lowest BCUT2D eigenvalue weighted by molar-refractivity contribution is -0.137. The largest absolute Gasteiger partial charge is 0.387 e. The Morgan fingerprint density at radius 3 is 2.68 bits per heavy atom. The number of tetrazole rings is 1. The Kier molecular flexibility index (Phi) is 5.48. The van der Waals surface area contributed by atoms with Crippen molar-refractivity contribution in [2.24, 2.45) is 40.9 Å². The predicted molar refractivity (Wildman–Crippen MR) is 115 cm³/mol. The number of ketones is 1. The fourth-order valence-electron chi connectivity index (χ4n) is 8.53. The van der Waals surface area contributed by atoms with E-state index in [1.54, 1.807) is 14.0 Å². The van der Waals surface area contributed by atoms with Crippen molar-refractivity contribution in [3.63, 3.8) is 0 Å². The van der Waals surface area contributed by atoms with E-state index in [2.05, 4.69) is 22.3 Å². The average Bonchev–Trinajstić information content (AvgIpc) is 3.29. The summed E-state index contributed by atoms with van der Waals surface area (Å²) in [5, 5.41) is 23.1. The zero-order chi connectivity index (χ0) is 21.8. The third kappa shape index (κ3) is 3.65. The SMILES string of the molecule is COC[C@]1(O)CC[C@@H]2[C@H](CC[C@H]3[C@H]2CC[C@]2(C)[C@@H]3CC[C@H]2C(=O)Cn2nnc(C)n2)C1. The van der Waals surface area contributed by atoms with Gasteiger partial charge in [-0.1, -0.05) is 6.92 Å². The molecule has 0 bridgehead atoms. The van der Waals surface area contributed by atoms with Crippen LogP contribution in [0.2, 0.25) is 0 Å². The van der Waals surface area contributed by atoms with Gasteiger partial charge in [-0.15, -0.1) is 10.2 Å². The minimum atomic E-state index is -0.620. The maximum absolute atomic E-state index is 13.2. The van der Waals surface area contributed by atoms with Gasteiger partial charge in [0.15, 0.2) is 11.6 Å². The van der Waals surface area contributed by atoms with Crippen molar-refractivity contribution in [1.29, 1.82) is 0 Å². The van der Waals surface area contributed by atoms with Gasteiger partial charge in [0.1, 0.15) is 6.54 Å². The molecule has 1 N–H and O–H groups in total. The third-order valence-corrected chi connectivity index (χ3v) is 9.76. The van der Waals surface area contributed by atoms with Gasteiger partial charge < -0.3 is 9.84 Å². The van der Waals surface area contributed by atoms with Gasteiger partial charge >= 0.3 is 0 Å². The fraction of sp³-hybridized carbons (Fsp3) is 0.917. The molecule has 4 fully saturated rings. The molecule has 1 heterocycles. The molecule has 0 aromatic carbocycles. The van der Waals surface area contributed by atoms with E-state index in [-0.39, 0.29) is 23.7 Å². The molecule has 4 aliphatic rings. The average molecular weight is 431 g/mol. The number of methoxy groups -OCH3 is 1. The Balaban J connectivity index is 1.28. The van der Waals surface area contributed by atoms with Gasteiger partial charge in [0.25, 0.3) is 0 Å². The minimum Gasteiger partial charge on any atom is -0.387 e. The van der Waals surface area contributed by atoms with Gasteiger partial charge in [-0.3, -0.25) is 4.79 Å². The minimum absolute atomic E-state index is 0.117. The van der Waals surface area contributed by atoms with E-state index in [0.717, 1.165) is 49.9 Å². The first-order chi connectivity index (χ1) is 14.8. The zero-order valence-corrected chi connectivity index (χ0v) is 19.3. The molecule has 0 aliphatic heterocycles. The molecule has 4 saturated carbocycles. The molecule has 8 atom stereocenters. The molecule has 1 aromatic heterocycles. The van der Waals surface area contributed by atoms with Gasteiger partial charge in [0.2, 0.25) is 0 Å². The number of nitrogens with zero attached hydrogens (tertiary/aromatic N) is 4. The normalized spacial score (nSPS) is 44.4. The predicted octanol–water partition coefficient (Wildman–Crippen LogP) is 3.20. The summed E-state index contributed by atoms with van der Waals surface area (Å²) in [5.41, 5.74) is -0.503. The first kappa shape index (κ1) is 21.5. The molecule has 7 nitrogen and oxygen atoms in total. The quantitative estimate of drug-likeness (QED) is 0.771. The van der Waals surface area contributed by atoms with Crippen LogP contribution in [0.5, 0.6) is 0 Å². The van der Waals surface area contributed by atoms with Crippen LogP contribution in [0.4, 0.5) is 0 Å². The number of aromatic nitrogens is 4. The Bertz CT molecular complexity index is 828. The standard InChI is InChI=1S/C24H38N4O3/c1-15-25-27-28(26-15)13-22(29)21-7-6-20-19-5-4-16-12-24(30,14-31-3)11-9-17(16)18(19)8-10-23(20,21)2/h16-21,30H,4-14H2,1-3H3/t16-,17-,18+,19+,20-,21+,23-,24+/m1/s1. The van der Waals surface area contributed by atoms with Crippen LogP contribution in [0, 0.1) is 47.8 Å². The fourth-order valence-corrected chi connectivity index (χ4v) is 8.53. The van der Waals surface area contributed by atoms with Crippen molar-refractivity contribution in [3.05, 3.63) is 5.82 Å². The van der Waals surface area contributed by atoms with Crippen molar-refractivity contribution in [2.75, 3.05) is 13.7 Å². The summed E-state index contributed by atoms with van der Waals surface area (Å²) in [6.07, 6.45) is 10.00. The molecule has 0 unspecified atom stereocenters. The Hall–Kier alpha value is -1.34. The first-order valence-electron chi connectivity index (χ1n) is 12.3. The van der Waals surface area contributed by atoms with Gasteiger partial charge in [0.05, 0.1) is 12.2 Å². The van der Waals surface area contributed by atoms with Crippen LogP contribution < -0.4 is 0 Å². The summed E-state index contributed by atoms with van der Waals surface area (Å²) in [4.78, 5) is 14.7. The summed E-state index contributed by atoms with van der Waals surface area (Å²) in [7, 11) is 1.70. The molecule has 7 heteroatoms. The van der Waals surface area contributed by atoms with Crippen LogP contribution in [0.3, 0.4) is 0 Å². The second-order valence-electron chi connectivity index (χ2n) is 11.3. The van der Waals surface area contributed by atoms with Crippen LogP contribution >= 0.6 is 0 Å². The van der Waals surface area contributed by atoms with Crippen LogP contribution in [0.1, 0.15) is 70.5 Å². The van der Waals surface area contributed by atoms with Crippen molar-refractivity contribution in [3.8, 4) is 0 Å². The number of hydrogen-bond donors (Lipinski definition) is 1. The number of Topliss-reactive ketones (excluding diaryl/α,β-unsaturated/α-hetero) is 1. The smallest absolute Gasteiger partial charge is 0.171 e.